The summed E-state index contributed by atoms with van der Waals surface area (Å²) >= 11 is 12.7. The number of halogens is 10. The molecule has 4 N–H and O–H groups in total. The summed E-state index contributed by atoms with van der Waals surface area (Å²) in [6.45, 7) is 0.828. The van der Waals surface area contributed by atoms with Crippen molar-refractivity contribution in [3.05, 3.63) is 350 Å². The number of aromatic hydroxyl groups is 3. The second kappa shape index (κ2) is 47.2. The quantitative estimate of drug-likeness (QED) is 0.0130. The molecule has 0 amide bonds. The number of alkyl halides is 4. The molecular formula is C104H84F4I6N4O20S2+2. The van der Waals surface area contributed by atoms with Crippen molar-refractivity contribution >= 4 is 199 Å². The van der Waals surface area contributed by atoms with Gasteiger partial charge in [-0.05, 0) is 367 Å². The largest absolute Gasteiger partial charge is 0.508 e. The third-order valence-electron chi connectivity index (χ3n) is 22.8. The van der Waals surface area contributed by atoms with Gasteiger partial charge < -0.3 is 63.1 Å². The van der Waals surface area contributed by atoms with Crippen LogP contribution in [0.4, 0.5) is 22.4 Å². The zero-order chi connectivity index (χ0) is 98.5. The SMILES string of the molecule is C.CC(F)(F)C(=O)OC1C2CC3C1OC(=O)C3C2C(=O)O.CC(F)(F)C(=O)OC1C2CC3C1OC(=O)C3C2C(=O)Oc1ccc(Oc2cc(I)c(O)c(I)c2)cc1.Ic1ccc(Oc2ccc([S+](c3ccccc3)c3ccccc3)cc2)cc1.Ic1ccc(Oc2ccc([S+](c3ccccc3)c3ccccc3)cc2)cc1.O=C(n1ccnc1)n1ccnc1.Oc1ccc(Oc2cc(I)c(O)c(I)c2)cc1. The van der Waals surface area contributed by atoms with Crippen molar-refractivity contribution in [2.75, 3.05) is 0 Å². The standard InChI is InChI=1S/C24H18F2I2O8.2C24H18IOS.C12H12F2O6.C12H8I2O3.C7H6N4O.CH4/c1-24(25,26)23(32)36-20-13-8-12-17(22(31)35-19(12)20)16(13)21(30)34-10-4-2-9(3-5-10)33-11-6-14(27)18(29)15(28)7-11;2*25-19-11-13-20(14-12-19)26-21-15-17-24(18-16-21)27(22-7-3-1-4-8-22)23-9-5-2-6-10-23;1-12(13,14)11(18)20-8-3-2-4-6(5(3)9(15)16)10(17)19-7(4)8;13-10-5-9(6-11(14)12(10)16)17-8-3-1-7(15)2-4-8;12-7(10-3-1-8-5-10)11-4-2-9-6-11;/h2-7,12-13,16-17,19-20,29H,8H2,1H3;2*1-18H;3-8H,2H2,1H3,(H,15,16);1-6,15-16H;1-6H;1H4/q;2*+1;;;;. The second-order valence-corrected chi connectivity index (χ2v) is 43.3. The van der Waals surface area contributed by atoms with Gasteiger partial charge in [0, 0.05) is 69.4 Å². The second-order valence-electron chi connectivity index (χ2n) is 32.1. The molecule has 14 aromatic rings. The Balaban J connectivity index is 0.000000137. The van der Waals surface area contributed by atoms with Crippen molar-refractivity contribution in [2.24, 2.45) is 47.3 Å². The summed E-state index contributed by atoms with van der Waals surface area (Å²) < 4.78 is 109. The number of fused-ring (bicyclic) bond motifs is 2. The van der Waals surface area contributed by atoms with Gasteiger partial charge in [-0.15, -0.1) is 0 Å². The van der Waals surface area contributed by atoms with Crippen molar-refractivity contribution in [1.82, 2.24) is 19.1 Å². The third kappa shape index (κ3) is 25.9. The van der Waals surface area contributed by atoms with Gasteiger partial charge in [0.05, 0.1) is 59.7 Å². The number of rotatable bonds is 21. The number of carbonyl (C=O) groups is 7. The van der Waals surface area contributed by atoms with E-state index in [0.29, 0.717) is 56.8 Å². The van der Waals surface area contributed by atoms with Crippen LogP contribution in [-0.2, 0) is 69.5 Å². The summed E-state index contributed by atoms with van der Waals surface area (Å²) in [5.41, 5.74) is 0. The average molecular weight is 2610 g/mol. The number of aromatic nitrogens is 4. The van der Waals surface area contributed by atoms with Crippen LogP contribution >= 0.6 is 136 Å². The molecule has 4 heterocycles. The topological polar surface area (TPSA) is 319 Å². The normalized spacial score (nSPS) is 19.4. The molecule has 24 nitrogen and oxygen atoms in total. The van der Waals surface area contributed by atoms with Crippen LogP contribution < -0.4 is 23.7 Å². The molecule has 6 aliphatic rings. The maximum absolute atomic E-state index is 13.4. The zero-order valence-corrected chi connectivity index (χ0v) is 87.3. The van der Waals surface area contributed by atoms with Gasteiger partial charge >= 0.3 is 53.7 Å². The van der Waals surface area contributed by atoms with E-state index in [-0.39, 0.29) is 64.2 Å². The number of phenols is 3. The van der Waals surface area contributed by atoms with Crippen LogP contribution in [-0.4, -0.2) is 118 Å². The van der Waals surface area contributed by atoms with Crippen LogP contribution in [0.3, 0.4) is 0 Å². The van der Waals surface area contributed by atoms with Crippen molar-refractivity contribution in [3.8, 4) is 69.0 Å². The lowest BCUT2D eigenvalue weighted by molar-refractivity contribution is -0.185. The number of carbonyl (C=O) groups excluding carboxylic acids is 6. The lowest BCUT2D eigenvalue weighted by Crippen LogP contribution is -2.46. The fourth-order valence-corrected chi connectivity index (χ4v) is 24.9. The molecule has 2 aliphatic heterocycles. The van der Waals surface area contributed by atoms with E-state index in [1.165, 1.54) is 70.4 Å². The molecule has 36 heteroatoms. The van der Waals surface area contributed by atoms with E-state index in [1.54, 1.807) is 85.5 Å². The first-order chi connectivity index (χ1) is 66.7. The molecule has 6 fully saturated rings. The van der Waals surface area contributed by atoms with Crippen LogP contribution in [0.1, 0.15) is 34.1 Å². The molecule has 140 heavy (non-hydrogen) atoms. The molecule has 0 radical (unpaired) electrons. The van der Waals surface area contributed by atoms with Crippen molar-refractivity contribution < 1.29 is 114 Å². The maximum Gasteiger partial charge on any atom is 0.377 e. The Morgan fingerprint density at radius 2 is 0.679 bits per heavy atom. The van der Waals surface area contributed by atoms with E-state index in [1.807, 2.05) is 139 Å². The fourth-order valence-electron chi connectivity index (χ4n) is 16.6. The van der Waals surface area contributed by atoms with Gasteiger partial charge in [-0.25, -0.2) is 24.4 Å². The van der Waals surface area contributed by atoms with Gasteiger partial charge in [0.1, 0.15) is 106 Å². The molecule has 4 aliphatic carbocycles. The molecule has 0 spiro atoms. The van der Waals surface area contributed by atoms with Gasteiger partial charge in [0.25, 0.3) is 0 Å². The number of ether oxygens (including phenoxy) is 9. The van der Waals surface area contributed by atoms with Gasteiger partial charge in [0.15, 0.2) is 29.4 Å². The maximum atomic E-state index is 13.4. The molecule has 12 atom stereocenters. The van der Waals surface area contributed by atoms with E-state index in [0.717, 1.165) is 30.1 Å². The number of hydrogen-bond acceptors (Lipinski definition) is 21. The number of aliphatic carboxylic acids is 1. The van der Waals surface area contributed by atoms with Gasteiger partial charge in [-0.2, -0.15) is 17.6 Å². The van der Waals surface area contributed by atoms with Gasteiger partial charge in [-0.3, -0.25) is 28.3 Å². The summed E-state index contributed by atoms with van der Waals surface area (Å²) in [7, 11) is -0.258. The first-order valence-corrected chi connectivity index (χ1v) is 51.5. The van der Waals surface area contributed by atoms with Crippen molar-refractivity contribution in [2.45, 2.75) is 99.7 Å². The van der Waals surface area contributed by atoms with Crippen LogP contribution in [0.5, 0.6) is 69.0 Å². The molecular weight excluding hydrogens is 2530 g/mol. The number of hydrogen-bond donors (Lipinski definition) is 4. The van der Waals surface area contributed by atoms with E-state index in [9.17, 15) is 66.4 Å². The summed E-state index contributed by atoms with van der Waals surface area (Å²) in [5.74, 6) is -13.0. The molecule has 720 valence electrons. The number of esters is 5. The predicted octanol–water partition coefficient (Wildman–Crippen LogP) is 24.8. The van der Waals surface area contributed by atoms with Crippen molar-refractivity contribution in [1.29, 1.82) is 0 Å². The highest BCUT2D eigenvalue weighted by molar-refractivity contribution is 14.1. The molecule has 4 bridgehead atoms. The van der Waals surface area contributed by atoms with Gasteiger partial charge in [-0.1, -0.05) is 80.2 Å². The first kappa shape index (κ1) is 105. The summed E-state index contributed by atoms with van der Waals surface area (Å²) in [4.78, 5) is 98.2. The number of phenolic OH excluding ortho intramolecular Hbond substituents is 3. The molecule has 2 aromatic heterocycles. The predicted molar refractivity (Wildman–Crippen MR) is 562 cm³/mol. The molecule has 2 saturated heterocycles. The van der Waals surface area contributed by atoms with Crippen LogP contribution in [0.2, 0.25) is 0 Å². The minimum absolute atomic E-state index is 0. The molecule has 4 saturated carbocycles. The van der Waals surface area contributed by atoms with E-state index >= 15 is 0 Å². The summed E-state index contributed by atoms with van der Waals surface area (Å²) in [5, 5.41) is 37.9. The fraction of sp³-hybridized carbons (Fsp3) is 0.183. The molecule has 12 aromatic carbocycles. The van der Waals surface area contributed by atoms with Crippen LogP contribution in [0, 0.1) is 68.8 Å². The van der Waals surface area contributed by atoms with Crippen LogP contribution in [0.15, 0.2) is 358 Å². The zero-order valence-electron chi connectivity index (χ0n) is 72.7. The Morgan fingerprint density at radius 3 is 0.993 bits per heavy atom. The third-order valence-corrected chi connectivity index (χ3v) is 32.0. The Morgan fingerprint density at radius 1 is 0.393 bits per heavy atom. The molecule has 12 unspecified atom stereocenters. The number of imidazole rings is 2. The lowest BCUT2D eigenvalue weighted by Gasteiger charge is -2.30. The number of nitrogens with zero attached hydrogens (tertiary/aromatic N) is 4. The monoisotopic (exact) mass is 2610 g/mol. The van der Waals surface area contributed by atoms with Gasteiger partial charge in [0.2, 0.25) is 0 Å². The summed E-state index contributed by atoms with van der Waals surface area (Å²) in [6, 6.07) is 95.1. The summed E-state index contributed by atoms with van der Waals surface area (Å²) in [6.07, 6.45) is 6.00. The Kier molecular flexibility index (Phi) is 35.3. The number of carboxylic acids is 1. The smallest absolute Gasteiger partial charge is 0.377 e. The first-order valence-electron chi connectivity index (χ1n) is 42.6. The average Bonchev–Trinajstić information content (AvgIpc) is 1.55. The van der Waals surface area contributed by atoms with Crippen LogP contribution in [0.25, 0.3) is 0 Å². The minimum Gasteiger partial charge on any atom is -0.508 e. The van der Waals surface area contributed by atoms with E-state index in [2.05, 4.69) is 225 Å². The van der Waals surface area contributed by atoms with E-state index < -0.39 is 114 Å². The highest BCUT2D eigenvalue weighted by Crippen LogP contribution is 2.61. The highest BCUT2D eigenvalue weighted by atomic mass is 127. The number of benzene rings is 12. The van der Waals surface area contributed by atoms with E-state index in [4.69, 9.17) is 47.7 Å². The lowest BCUT2D eigenvalue weighted by atomic mass is 9.78. The Labute approximate surface area is 889 Å². The van der Waals surface area contributed by atoms with Crippen molar-refractivity contribution in [3.63, 3.8) is 0 Å². The Hall–Kier alpha value is -11.1. The molecule has 20 rings (SSSR count). The number of carboxylic acid groups (broad SMARTS) is 1. The highest BCUT2D eigenvalue weighted by Gasteiger charge is 2.72. The minimum atomic E-state index is -3.71. The Bertz CT molecular complexity index is 6320.